The Hall–Kier alpha value is -2.25. The molecule has 1 aromatic heterocycles. The monoisotopic (exact) mass is 454 g/mol. The first-order valence-electron chi connectivity index (χ1n) is 9.72. The number of benzene rings is 1. The first-order chi connectivity index (χ1) is 14.0. The van der Waals surface area contributed by atoms with Crippen molar-refractivity contribution in [3.05, 3.63) is 45.2 Å². The average Bonchev–Trinajstić information content (AvgIpc) is 2.90. The smallest absolute Gasteiger partial charge is 0.407 e. The summed E-state index contributed by atoms with van der Waals surface area (Å²) >= 11 is 12.1. The molecule has 2 rings (SSSR count). The van der Waals surface area contributed by atoms with E-state index in [9.17, 15) is 9.59 Å². The van der Waals surface area contributed by atoms with E-state index in [0.717, 1.165) is 22.6 Å². The maximum atomic E-state index is 12.3. The zero-order valence-electron chi connectivity index (χ0n) is 17.9. The molecular formula is C21H28Cl2N4O3. The van der Waals surface area contributed by atoms with Gasteiger partial charge in [-0.15, -0.1) is 0 Å². The van der Waals surface area contributed by atoms with Gasteiger partial charge < -0.3 is 15.4 Å². The molecule has 1 heterocycles. The van der Waals surface area contributed by atoms with E-state index in [-0.39, 0.29) is 12.3 Å². The molecule has 164 valence electrons. The van der Waals surface area contributed by atoms with Gasteiger partial charge in [-0.2, -0.15) is 5.10 Å². The maximum absolute atomic E-state index is 12.3. The van der Waals surface area contributed by atoms with E-state index in [4.69, 9.17) is 27.9 Å². The molecule has 7 nitrogen and oxygen atoms in total. The number of ether oxygens (including phenoxy) is 1. The summed E-state index contributed by atoms with van der Waals surface area (Å²) in [5.74, 6) is -0.104. The Morgan fingerprint density at radius 1 is 1.10 bits per heavy atom. The topological polar surface area (TPSA) is 85.3 Å². The van der Waals surface area contributed by atoms with E-state index < -0.39 is 11.7 Å². The maximum Gasteiger partial charge on any atom is 0.407 e. The lowest BCUT2D eigenvalue weighted by molar-refractivity contribution is -0.120. The summed E-state index contributed by atoms with van der Waals surface area (Å²) in [6.07, 6.45) is 0.360. The Labute approximate surface area is 187 Å². The molecule has 0 aliphatic rings. The number of hydrogen-bond donors (Lipinski definition) is 2. The van der Waals surface area contributed by atoms with Crippen molar-refractivity contribution < 1.29 is 14.3 Å². The van der Waals surface area contributed by atoms with Crippen molar-refractivity contribution in [3.8, 4) is 5.69 Å². The molecule has 0 spiro atoms. The summed E-state index contributed by atoms with van der Waals surface area (Å²) in [5, 5.41) is 11.0. The van der Waals surface area contributed by atoms with Gasteiger partial charge in [0.05, 0.1) is 27.8 Å². The van der Waals surface area contributed by atoms with Crippen molar-refractivity contribution in [1.29, 1.82) is 0 Å². The highest BCUT2D eigenvalue weighted by molar-refractivity contribution is 6.42. The largest absolute Gasteiger partial charge is 0.444 e. The van der Waals surface area contributed by atoms with Crippen LogP contribution in [-0.2, 0) is 16.0 Å². The van der Waals surface area contributed by atoms with E-state index in [1.54, 1.807) is 37.6 Å². The minimum Gasteiger partial charge on any atom is -0.444 e. The van der Waals surface area contributed by atoms with Gasteiger partial charge in [-0.05, 0) is 59.2 Å². The first kappa shape index (κ1) is 24.0. The zero-order chi connectivity index (χ0) is 22.5. The van der Waals surface area contributed by atoms with E-state index in [1.807, 2.05) is 19.9 Å². The van der Waals surface area contributed by atoms with Crippen LogP contribution in [0.4, 0.5) is 4.79 Å². The van der Waals surface area contributed by atoms with Crippen LogP contribution < -0.4 is 10.6 Å². The fraction of sp³-hybridized carbons (Fsp3) is 0.476. The molecule has 0 atom stereocenters. The average molecular weight is 455 g/mol. The van der Waals surface area contributed by atoms with Gasteiger partial charge in [-0.1, -0.05) is 23.2 Å². The molecule has 0 aliphatic heterocycles. The fourth-order valence-corrected chi connectivity index (χ4v) is 3.14. The summed E-state index contributed by atoms with van der Waals surface area (Å²) in [6, 6.07) is 5.29. The van der Waals surface area contributed by atoms with Gasteiger partial charge >= 0.3 is 6.09 Å². The minimum atomic E-state index is -0.532. The molecule has 0 aliphatic carbocycles. The van der Waals surface area contributed by atoms with Crippen molar-refractivity contribution >= 4 is 35.2 Å². The molecule has 0 saturated heterocycles. The number of carbonyl (C=O) groups excluding carboxylic acids is 2. The molecule has 30 heavy (non-hydrogen) atoms. The standard InChI is InChI=1S/C21H28Cl2N4O3/c1-13-16(14(2)27(26-13)15-7-8-17(22)18(23)11-15)12-19(28)24-9-6-10-25-20(29)30-21(3,4)5/h7-8,11H,6,9-10,12H2,1-5H3,(H,24,28)(H,25,29). The number of aromatic nitrogens is 2. The molecule has 9 heteroatoms. The summed E-state index contributed by atoms with van der Waals surface area (Å²) in [6.45, 7) is 10.1. The summed E-state index contributed by atoms with van der Waals surface area (Å²) in [4.78, 5) is 23.9. The molecule has 0 radical (unpaired) electrons. The number of aryl methyl sites for hydroxylation is 1. The fourth-order valence-electron chi connectivity index (χ4n) is 2.84. The molecule has 0 unspecified atom stereocenters. The number of rotatable bonds is 7. The Balaban J connectivity index is 1.86. The van der Waals surface area contributed by atoms with Crippen LogP contribution >= 0.6 is 23.2 Å². The Morgan fingerprint density at radius 3 is 2.40 bits per heavy atom. The summed E-state index contributed by atoms with van der Waals surface area (Å²) in [5.41, 5.74) is 2.76. The molecular weight excluding hydrogens is 427 g/mol. The Morgan fingerprint density at radius 2 is 1.77 bits per heavy atom. The van der Waals surface area contributed by atoms with Gasteiger partial charge in [0.25, 0.3) is 0 Å². The van der Waals surface area contributed by atoms with Crippen molar-refractivity contribution in [2.45, 2.75) is 53.1 Å². The van der Waals surface area contributed by atoms with E-state index >= 15 is 0 Å². The third-order valence-electron chi connectivity index (χ3n) is 4.27. The lowest BCUT2D eigenvalue weighted by atomic mass is 10.1. The highest BCUT2D eigenvalue weighted by Crippen LogP contribution is 2.26. The number of hydrogen-bond acceptors (Lipinski definition) is 4. The van der Waals surface area contributed by atoms with Crippen LogP contribution in [0.5, 0.6) is 0 Å². The molecule has 1 aromatic carbocycles. The van der Waals surface area contributed by atoms with Crippen LogP contribution in [0.1, 0.15) is 44.1 Å². The lowest BCUT2D eigenvalue weighted by Gasteiger charge is -2.19. The number of alkyl carbamates (subject to hydrolysis) is 1. The number of amides is 2. The van der Waals surface area contributed by atoms with E-state index in [2.05, 4.69) is 15.7 Å². The van der Waals surface area contributed by atoms with Crippen LogP contribution in [0.3, 0.4) is 0 Å². The Kier molecular flexibility index (Phi) is 8.15. The predicted molar refractivity (Wildman–Crippen MR) is 119 cm³/mol. The summed E-state index contributed by atoms with van der Waals surface area (Å²) in [7, 11) is 0. The highest BCUT2D eigenvalue weighted by atomic mass is 35.5. The molecule has 2 N–H and O–H groups in total. The normalized spacial score (nSPS) is 11.3. The molecule has 2 amide bonds. The molecule has 0 saturated carbocycles. The van der Waals surface area contributed by atoms with Gasteiger partial charge in [0.15, 0.2) is 0 Å². The van der Waals surface area contributed by atoms with Gasteiger partial charge in [0.2, 0.25) is 5.91 Å². The minimum absolute atomic E-state index is 0.104. The van der Waals surface area contributed by atoms with Crippen LogP contribution in [0, 0.1) is 13.8 Å². The highest BCUT2D eigenvalue weighted by Gasteiger charge is 2.17. The third kappa shape index (κ3) is 6.92. The first-order valence-corrected chi connectivity index (χ1v) is 10.5. The van der Waals surface area contributed by atoms with Crippen molar-refractivity contribution in [3.63, 3.8) is 0 Å². The van der Waals surface area contributed by atoms with Crippen molar-refractivity contribution in [1.82, 2.24) is 20.4 Å². The van der Waals surface area contributed by atoms with Crippen LogP contribution in [-0.4, -0.2) is 40.5 Å². The Bertz CT molecular complexity index is 920. The number of carbonyl (C=O) groups is 2. The number of nitrogens with zero attached hydrogens (tertiary/aromatic N) is 2. The predicted octanol–water partition coefficient (Wildman–Crippen LogP) is 4.37. The second-order valence-corrected chi connectivity index (χ2v) is 8.78. The van der Waals surface area contributed by atoms with E-state index in [0.29, 0.717) is 29.6 Å². The second-order valence-electron chi connectivity index (χ2n) is 7.97. The van der Waals surface area contributed by atoms with Gasteiger partial charge in [0.1, 0.15) is 5.60 Å². The van der Waals surface area contributed by atoms with Gasteiger partial charge in [0, 0.05) is 24.3 Å². The van der Waals surface area contributed by atoms with Gasteiger partial charge in [-0.25, -0.2) is 9.48 Å². The lowest BCUT2D eigenvalue weighted by Crippen LogP contribution is -2.34. The zero-order valence-corrected chi connectivity index (χ0v) is 19.4. The third-order valence-corrected chi connectivity index (χ3v) is 5.01. The van der Waals surface area contributed by atoms with Crippen LogP contribution in [0.15, 0.2) is 18.2 Å². The quantitative estimate of drug-likeness (QED) is 0.608. The number of halogens is 2. The van der Waals surface area contributed by atoms with Crippen molar-refractivity contribution in [2.75, 3.05) is 13.1 Å². The molecule has 2 aromatic rings. The SMILES string of the molecule is Cc1nn(-c2ccc(Cl)c(Cl)c2)c(C)c1CC(=O)NCCCNC(=O)OC(C)(C)C. The van der Waals surface area contributed by atoms with Crippen molar-refractivity contribution in [2.24, 2.45) is 0 Å². The van der Waals surface area contributed by atoms with E-state index in [1.165, 1.54) is 0 Å². The molecule has 0 fully saturated rings. The molecule has 0 bridgehead atoms. The van der Waals surface area contributed by atoms with Crippen LogP contribution in [0.25, 0.3) is 5.69 Å². The second kappa shape index (κ2) is 10.2. The van der Waals surface area contributed by atoms with Crippen LogP contribution in [0.2, 0.25) is 10.0 Å². The van der Waals surface area contributed by atoms with Gasteiger partial charge in [-0.3, -0.25) is 4.79 Å². The number of nitrogens with one attached hydrogen (secondary N) is 2. The summed E-state index contributed by atoms with van der Waals surface area (Å²) < 4.78 is 6.92.